The number of hydrogen-bond acceptors (Lipinski definition) is 2. The molecule has 0 saturated heterocycles. The molecule has 0 heterocycles. The summed E-state index contributed by atoms with van der Waals surface area (Å²) in [4.78, 5) is 25.4. The second-order valence-corrected chi connectivity index (χ2v) is 5.65. The summed E-state index contributed by atoms with van der Waals surface area (Å²) < 4.78 is 0. The fourth-order valence-electron chi connectivity index (χ4n) is 2.98. The van der Waals surface area contributed by atoms with E-state index in [2.05, 4.69) is 0 Å². The average Bonchev–Trinajstić information content (AvgIpc) is 2.77. The summed E-state index contributed by atoms with van der Waals surface area (Å²) in [5.41, 5.74) is 0.645. The first-order valence-electron chi connectivity index (χ1n) is 7.76. The number of carbonyl (C=O) groups is 2. The summed E-state index contributed by atoms with van der Waals surface area (Å²) >= 11 is 0. The molecule has 1 N–H and O–H groups in total. The van der Waals surface area contributed by atoms with E-state index in [0.29, 0.717) is 12.1 Å². The summed E-state index contributed by atoms with van der Waals surface area (Å²) in [5.74, 6) is -0.891. The molecule has 1 aromatic rings. The summed E-state index contributed by atoms with van der Waals surface area (Å²) in [7, 11) is 0. The Morgan fingerprint density at radius 2 is 1.67 bits per heavy atom. The van der Waals surface area contributed by atoms with E-state index in [9.17, 15) is 9.59 Å². The molecule has 0 atom stereocenters. The van der Waals surface area contributed by atoms with Crippen LogP contribution in [0.1, 0.15) is 55.3 Å². The van der Waals surface area contributed by atoms with Gasteiger partial charge in [-0.25, -0.2) is 0 Å². The van der Waals surface area contributed by atoms with E-state index in [0.717, 1.165) is 25.7 Å². The zero-order valence-electron chi connectivity index (χ0n) is 12.3. The van der Waals surface area contributed by atoms with Crippen LogP contribution in [0.2, 0.25) is 0 Å². The van der Waals surface area contributed by atoms with E-state index >= 15 is 0 Å². The van der Waals surface area contributed by atoms with Gasteiger partial charge in [0.2, 0.25) is 0 Å². The summed E-state index contributed by atoms with van der Waals surface area (Å²) in [6, 6.07) is 9.34. The van der Waals surface area contributed by atoms with Crippen LogP contribution in [0, 0.1) is 0 Å². The van der Waals surface area contributed by atoms with E-state index in [1.165, 1.54) is 12.8 Å². The molecule has 0 aliphatic heterocycles. The molecule has 2 rings (SSSR count). The Labute approximate surface area is 125 Å². The molecule has 0 radical (unpaired) electrons. The van der Waals surface area contributed by atoms with Gasteiger partial charge in [-0.15, -0.1) is 0 Å². The Bertz CT molecular complexity index is 464. The lowest BCUT2D eigenvalue weighted by molar-refractivity contribution is -0.137. The number of rotatable bonds is 5. The molecule has 0 spiro atoms. The predicted octanol–water partition coefficient (Wildman–Crippen LogP) is 3.33. The lowest BCUT2D eigenvalue weighted by atomic mass is 10.0. The molecule has 1 amide bonds. The second-order valence-electron chi connectivity index (χ2n) is 5.65. The number of benzene rings is 1. The third-order valence-corrected chi connectivity index (χ3v) is 4.11. The number of aliphatic carboxylic acids is 1. The van der Waals surface area contributed by atoms with Gasteiger partial charge in [-0.2, -0.15) is 0 Å². The number of nitrogens with zero attached hydrogens (tertiary/aromatic N) is 1. The largest absolute Gasteiger partial charge is 0.481 e. The molecular weight excluding hydrogens is 266 g/mol. The van der Waals surface area contributed by atoms with E-state index in [-0.39, 0.29) is 18.4 Å². The molecule has 4 nitrogen and oxygen atoms in total. The van der Waals surface area contributed by atoms with Crippen LogP contribution in [0.3, 0.4) is 0 Å². The van der Waals surface area contributed by atoms with E-state index < -0.39 is 5.97 Å². The maximum absolute atomic E-state index is 12.7. The van der Waals surface area contributed by atoms with Crippen molar-refractivity contribution in [1.29, 1.82) is 0 Å². The minimum absolute atomic E-state index is 0.00900. The van der Waals surface area contributed by atoms with Crippen LogP contribution in [-0.2, 0) is 4.79 Å². The van der Waals surface area contributed by atoms with E-state index in [1.54, 1.807) is 17.0 Å². The van der Waals surface area contributed by atoms with Crippen LogP contribution in [0.4, 0.5) is 0 Å². The number of hydrogen-bond donors (Lipinski definition) is 1. The van der Waals surface area contributed by atoms with Gasteiger partial charge in [-0.05, 0) is 25.0 Å². The molecule has 1 saturated carbocycles. The Morgan fingerprint density at radius 1 is 1.05 bits per heavy atom. The SMILES string of the molecule is O=C(O)CCN(C(=O)c1ccccc1)C1CCCCCC1. The molecule has 1 aliphatic rings. The van der Waals surface area contributed by atoms with Crippen LogP contribution in [0.15, 0.2) is 30.3 Å². The topological polar surface area (TPSA) is 57.6 Å². The number of carbonyl (C=O) groups excluding carboxylic acids is 1. The van der Waals surface area contributed by atoms with Gasteiger partial charge in [0.15, 0.2) is 0 Å². The normalized spacial score (nSPS) is 16.2. The Balaban J connectivity index is 2.13. The maximum Gasteiger partial charge on any atom is 0.305 e. The first kappa shape index (κ1) is 15.5. The predicted molar refractivity (Wildman–Crippen MR) is 81.2 cm³/mol. The van der Waals surface area contributed by atoms with Crippen molar-refractivity contribution < 1.29 is 14.7 Å². The van der Waals surface area contributed by atoms with Gasteiger partial charge >= 0.3 is 5.97 Å². The highest BCUT2D eigenvalue weighted by atomic mass is 16.4. The highest BCUT2D eigenvalue weighted by Gasteiger charge is 2.25. The maximum atomic E-state index is 12.7. The molecule has 0 aromatic heterocycles. The molecule has 114 valence electrons. The van der Waals surface area contributed by atoms with Crippen LogP contribution >= 0.6 is 0 Å². The van der Waals surface area contributed by atoms with E-state index in [4.69, 9.17) is 5.11 Å². The zero-order valence-corrected chi connectivity index (χ0v) is 12.3. The van der Waals surface area contributed by atoms with Gasteiger partial charge in [0.25, 0.3) is 5.91 Å². The van der Waals surface area contributed by atoms with Gasteiger partial charge in [0, 0.05) is 18.2 Å². The van der Waals surface area contributed by atoms with Crippen molar-refractivity contribution in [1.82, 2.24) is 4.90 Å². The fraction of sp³-hybridized carbons (Fsp3) is 0.529. The lowest BCUT2D eigenvalue weighted by Crippen LogP contribution is -2.41. The molecular formula is C17H23NO3. The van der Waals surface area contributed by atoms with Crippen molar-refractivity contribution in [3.8, 4) is 0 Å². The molecule has 21 heavy (non-hydrogen) atoms. The smallest absolute Gasteiger partial charge is 0.305 e. The van der Waals surface area contributed by atoms with Crippen molar-refractivity contribution in [3.63, 3.8) is 0 Å². The van der Waals surface area contributed by atoms with Gasteiger partial charge in [-0.3, -0.25) is 9.59 Å². The average molecular weight is 289 g/mol. The third-order valence-electron chi connectivity index (χ3n) is 4.11. The van der Waals surface area contributed by atoms with Crippen molar-refractivity contribution in [3.05, 3.63) is 35.9 Å². The van der Waals surface area contributed by atoms with Crippen molar-refractivity contribution in [2.24, 2.45) is 0 Å². The van der Waals surface area contributed by atoms with Crippen LogP contribution in [-0.4, -0.2) is 34.5 Å². The third kappa shape index (κ3) is 4.59. The highest BCUT2D eigenvalue weighted by Crippen LogP contribution is 2.23. The zero-order chi connectivity index (χ0) is 15.1. The molecule has 1 aromatic carbocycles. The standard InChI is InChI=1S/C17H23NO3/c19-16(20)12-13-18(15-10-6-1-2-7-11-15)17(21)14-8-4-3-5-9-14/h3-5,8-9,15H,1-2,6-7,10-13H2,(H,19,20). The quantitative estimate of drug-likeness (QED) is 0.846. The number of amides is 1. The Hall–Kier alpha value is -1.84. The molecule has 0 unspecified atom stereocenters. The summed E-state index contributed by atoms with van der Waals surface area (Å²) in [5, 5.41) is 8.93. The van der Waals surface area contributed by atoms with Crippen LogP contribution in [0.5, 0.6) is 0 Å². The van der Waals surface area contributed by atoms with Crippen LogP contribution < -0.4 is 0 Å². The van der Waals surface area contributed by atoms with Crippen molar-refractivity contribution in [2.75, 3.05) is 6.54 Å². The second kappa shape index (κ2) is 7.81. The first-order valence-corrected chi connectivity index (χ1v) is 7.76. The Kier molecular flexibility index (Phi) is 5.78. The minimum atomic E-state index is -0.852. The van der Waals surface area contributed by atoms with Gasteiger partial charge in [-0.1, -0.05) is 43.9 Å². The number of carboxylic acids is 1. The molecule has 0 bridgehead atoms. The van der Waals surface area contributed by atoms with Gasteiger partial charge < -0.3 is 10.0 Å². The minimum Gasteiger partial charge on any atom is -0.481 e. The molecule has 1 aliphatic carbocycles. The van der Waals surface area contributed by atoms with Crippen molar-refractivity contribution >= 4 is 11.9 Å². The number of carboxylic acid groups (broad SMARTS) is 1. The molecule has 1 fully saturated rings. The lowest BCUT2D eigenvalue weighted by Gasteiger charge is -2.31. The summed E-state index contributed by atoms with van der Waals surface area (Å²) in [6.45, 7) is 0.299. The Morgan fingerprint density at radius 3 is 2.24 bits per heavy atom. The monoisotopic (exact) mass is 289 g/mol. The van der Waals surface area contributed by atoms with Gasteiger partial charge in [0.1, 0.15) is 0 Å². The van der Waals surface area contributed by atoms with Crippen molar-refractivity contribution in [2.45, 2.75) is 51.0 Å². The molecule has 4 heteroatoms. The first-order chi connectivity index (χ1) is 10.2. The van der Waals surface area contributed by atoms with Gasteiger partial charge in [0.05, 0.1) is 6.42 Å². The highest BCUT2D eigenvalue weighted by molar-refractivity contribution is 5.94. The fourth-order valence-corrected chi connectivity index (χ4v) is 2.98. The van der Waals surface area contributed by atoms with Crippen LogP contribution in [0.25, 0.3) is 0 Å². The summed E-state index contributed by atoms with van der Waals surface area (Å²) in [6.07, 6.45) is 6.64. The van der Waals surface area contributed by atoms with E-state index in [1.807, 2.05) is 18.2 Å².